The van der Waals surface area contributed by atoms with Gasteiger partial charge < -0.3 is 19.1 Å². The molecular formula is C32H39N3O8S2. The van der Waals surface area contributed by atoms with Crippen LogP contribution in [0.4, 0.5) is 0 Å². The molecule has 2 atom stereocenters. The van der Waals surface area contributed by atoms with Gasteiger partial charge in [-0.1, -0.05) is 48.5 Å². The third-order valence-electron chi connectivity index (χ3n) is 7.14. The maximum atomic E-state index is 13.8. The molecule has 1 unspecified atom stereocenters. The zero-order valence-corrected chi connectivity index (χ0v) is 27.8. The van der Waals surface area contributed by atoms with Crippen LogP contribution in [-0.4, -0.2) is 83.2 Å². The summed E-state index contributed by atoms with van der Waals surface area (Å²) in [5, 5.41) is 0. The molecule has 0 saturated carbocycles. The molecule has 1 heterocycles. The first-order valence-corrected chi connectivity index (χ1v) is 17.6. The number of methoxy groups -OCH3 is 2. The number of nitrogens with zero attached hydrogens (tertiary/aromatic N) is 3. The van der Waals surface area contributed by atoms with Crippen LogP contribution in [0.2, 0.25) is 0 Å². The second-order valence-electron chi connectivity index (χ2n) is 11.6. The largest absolute Gasteiger partial charge is 0.496 e. The molecule has 1 fully saturated rings. The molecule has 13 heteroatoms. The van der Waals surface area contributed by atoms with Gasteiger partial charge in [0.2, 0.25) is 10.0 Å². The predicted octanol–water partition coefficient (Wildman–Crippen LogP) is 4.33. The van der Waals surface area contributed by atoms with Crippen LogP contribution in [0.3, 0.4) is 0 Å². The van der Waals surface area contributed by atoms with Gasteiger partial charge in [-0.15, -0.1) is 0 Å². The first kappa shape index (κ1) is 33.9. The molecule has 242 valence electrons. The zero-order valence-electron chi connectivity index (χ0n) is 26.2. The number of esters is 1. The summed E-state index contributed by atoms with van der Waals surface area (Å²) in [6.07, 6.45) is 1.50. The van der Waals surface area contributed by atoms with Gasteiger partial charge in [0.1, 0.15) is 29.5 Å². The topological polar surface area (TPSA) is 132 Å². The van der Waals surface area contributed by atoms with Crippen molar-refractivity contribution >= 4 is 32.4 Å². The molecule has 1 aliphatic rings. The van der Waals surface area contributed by atoms with Crippen molar-refractivity contribution in [1.29, 1.82) is 0 Å². The Morgan fingerprint density at radius 3 is 2.04 bits per heavy atom. The molecule has 0 bridgehead atoms. The fraction of sp³-hybridized carbons (Fsp3) is 0.375. The summed E-state index contributed by atoms with van der Waals surface area (Å²) in [4.78, 5) is 15.3. The molecule has 4 rings (SSSR count). The summed E-state index contributed by atoms with van der Waals surface area (Å²) in [6, 6.07) is 19.7. The first-order chi connectivity index (χ1) is 21.1. The molecule has 3 aromatic rings. The number of hydrogen-bond acceptors (Lipinski definition) is 8. The standard InChI is InChI=1S/C32H39N3O8S2/c1-32(2,3)43-31(36)26(21-23-15-17-24(18-16-23)30-27(41-4)13-10-14-28(30)42-5)34(22-33-44(6,37)38)29-19-20-35(29)45(39,40)25-11-8-7-9-12-25/h7-18,22,26,29H,19-21H2,1-6H3/t26-,29?/m0/s1. The molecule has 1 saturated heterocycles. The zero-order chi connectivity index (χ0) is 33.0. The summed E-state index contributed by atoms with van der Waals surface area (Å²) in [7, 11) is -4.69. The molecular weight excluding hydrogens is 618 g/mol. The molecule has 0 aliphatic carbocycles. The van der Waals surface area contributed by atoms with Crippen molar-refractivity contribution in [3.05, 3.63) is 78.4 Å². The number of benzene rings is 3. The highest BCUT2D eigenvalue weighted by Crippen LogP contribution is 2.38. The van der Waals surface area contributed by atoms with Gasteiger partial charge in [-0.2, -0.15) is 8.70 Å². The van der Waals surface area contributed by atoms with Gasteiger partial charge >= 0.3 is 5.97 Å². The van der Waals surface area contributed by atoms with Crippen molar-refractivity contribution in [2.45, 2.75) is 56.3 Å². The molecule has 45 heavy (non-hydrogen) atoms. The van der Waals surface area contributed by atoms with Gasteiger partial charge in [0.15, 0.2) is 0 Å². The quantitative estimate of drug-likeness (QED) is 0.159. The maximum absolute atomic E-state index is 13.8. The highest BCUT2D eigenvalue weighted by molar-refractivity contribution is 7.89. The number of rotatable bonds is 12. The third-order valence-corrected chi connectivity index (χ3v) is 9.53. The van der Waals surface area contributed by atoms with Crippen LogP contribution in [0.1, 0.15) is 32.8 Å². The molecule has 3 aromatic carbocycles. The number of hydrogen-bond donors (Lipinski definition) is 0. The SMILES string of the molecule is COc1cccc(OC)c1-c1ccc(C[C@@H](C(=O)OC(C)(C)C)N(C=NS(C)(=O)=O)C2CCN2S(=O)(=O)c2ccccc2)cc1. The van der Waals surface area contributed by atoms with E-state index in [0.29, 0.717) is 17.9 Å². The molecule has 0 radical (unpaired) electrons. The lowest BCUT2D eigenvalue weighted by atomic mass is 9.98. The van der Waals surface area contributed by atoms with E-state index in [1.807, 2.05) is 42.5 Å². The van der Waals surface area contributed by atoms with E-state index < -0.39 is 43.8 Å². The van der Waals surface area contributed by atoms with Crippen molar-refractivity contribution in [3.8, 4) is 22.6 Å². The number of carbonyl (C=O) groups excluding carboxylic acids is 1. The summed E-state index contributed by atoms with van der Waals surface area (Å²) in [6.45, 7) is 5.35. The van der Waals surface area contributed by atoms with Gasteiger partial charge in [0.05, 0.1) is 37.1 Å². The van der Waals surface area contributed by atoms with Crippen molar-refractivity contribution < 1.29 is 35.8 Å². The summed E-state index contributed by atoms with van der Waals surface area (Å²) >= 11 is 0. The lowest BCUT2D eigenvalue weighted by Gasteiger charge is -2.47. The van der Waals surface area contributed by atoms with Gasteiger partial charge in [-0.3, -0.25) is 0 Å². The van der Waals surface area contributed by atoms with E-state index in [4.69, 9.17) is 14.2 Å². The summed E-state index contributed by atoms with van der Waals surface area (Å²) < 4.78 is 73.2. The second kappa shape index (κ2) is 13.6. The fourth-order valence-electron chi connectivity index (χ4n) is 5.01. The van der Waals surface area contributed by atoms with E-state index in [0.717, 1.165) is 29.3 Å². The van der Waals surface area contributed by atoms with Crippen LogP contribution < -0.4 is 9.47 Å². The normalized spacial score (nSPS) is 16.5. The Balaban J connectivity index is 1.75. The second-order valence-corrected chi connectivity index (χ2v) is 15.2. The first-order valence-electron chi connectivity index (χ1n) is 14.3. The highest BCUT2D eigenvalue weighted by atomic mass is 32.2. The van der Waals surface area contributed by atoms with E-state index in [9.17, 15) is 21.6 Å². The maximum Gasteiger partial charge on any atom is 0.329 e. The van der Waals surface area contributed by atoms with Gasteiger partial charge in [0.25, 0.3) is 10.0 Å². The van der Waals surface area contributed by atoms with Crippen LogP contribution in [0.25, 0.3) is 11.1 Å². The molecule has 0 aromatic heterocycles. The molecule has 11 nitrogen and oxygen atoms in total. The Morgan fingerprint density at radius 2 is 1.56 bits per heavy atom. The average molecular weight is 658 g/mol. The van der Waals surface area contributed by atoms with E-state index in [2.05, 4.69) is 4.40 Å². The Hall–Kier alpha value is -3.94. The van der Waals surface area contributed by atoms with Gasteiger partial charge in [-0.25, -0.2) is 21.6 Å². The lowest BCUT2D eigenvalue weighted by molar-refractivity contribution is -0.162. The summed E-state index contributed by atoms with van der Waals surface area (Å²) in [5.41, 5.74) is 1.43. The minimum Gasteiger partial charge on any atom is -0.496 e. The van der Waals surface area contributed by atoms with E-state index in [1.54, 1.807) is 53.2 Å². The van der Waals surface area contributed by atoms with Crippen LogP contribution in [0.5, 0.6) is 11.5 Å². The molecule has 0 amide bonds. The number of ether oxygens (including phenoxy) is 3. The van der Waals surface area contributed by atoms with Crippen molar-refractivity contribution in [2.75, 3.05) is 27.0 Å². The van der Waals surface area contributed by atoms with Crippen LogP contribution in [0, 0.1) is 0 Å². The van der Waals surface area contributed by atoms with E-state index in [1.165, 1.54) is 21.3 Å². The number of sulfonamides is 2. The molecule has 0 spiro atoms. The van der Waals surface area contributed by atoms with Crippen LogP contribution >= 0.6 is 0 Å². The molecule has 0 N–H and O–H groups in total. The molecule has 1 aliphatic heterocycles. The van der Waals surface area contributed by atoms with Crippen molar-refractivity contribution in [1.82, 2.24) is 9.21 Å². The monoisotopic (exact) mass is 657 g/mol. The van der Waals surface area contributed by atoms with Gasteiger partial charge in [0, 0.05) is 13.0 Å². The minimum atomic E-state index is -3.96. The van der Waals surface area contributed by atoms with Crippen molar-refractivity contribution in [2.24, 2.45) is 4.40 Å². The minimum absolute atomic E-state index is 0.0732. The van der Waals surface area contributed by atoms with Crippen LogP contribution in [-0.2, 0) is 36.0 Å². The Kier molecular flexibility index (Phi) is 10.3. The lowest BCUT2D eigenvalue weighted by Crippen LogP contribution is -2.63. The summed E-state index contributed by atoms with van der Waals surface area (Å²) in [5.74, 6) is 0.602. The average Bonchev–Trinajstić information content (AvgIpc) is 2.96. The Labute approximate surface area is 265 Å². The van der Waals surface area contributed by atoms with E-state index in [-0.39, 0.29) is 17.9 Å². The van der Waals surface area contributed by atoms with Crippen molar-refractivity contribution in [3.63, 3.8) is 0 Å². The fourth-order valence-corrected chi connectivity index (χ4v) is 6.94. The predicted molar refractivity (Wildman–Crippen MR) is 172 cm³/mol. The smallest absolute Gasteiger partial charge is 0.329 e. The third kappa shape index (κ3) is 8.21. The Morgan fingerprint density at radius 1 is 0.956 bits per heavy atom. The highest BCUT2D eigenvalue weighted by Gasteiger charge is 2.45. The van der Waals surface area contributed by atoms with E-state index >= 15 is 0 Å². The van der Waals surface area contributed by atoms with Gasteiger partial charge in [-0.05, 0) is 62.6 Å². The number of carbonyl (C=O) groups is 1. The van der Waals surface area contributed by atoms with Crippen LogP contribution in [0.15, 0.2) is 82.1 Å². The Bertz CT molecular complexity index is 1710.